The van der Waals surface area contributed by atoms with Crippen molar-refractivity contribution in [3.05, 3.63) is 58.6 Å². The molecule has 92 valence electrons. The third-order valence-corrected chi connectivity index (χ3v) is 3.03. The molecule has 2 aromatic rings. The van der Waals surface area contributed by atoms with E-state index in [0.29, 0.717) is 15.7 Å². The van der Waals surface area contributed by atoms with Gasteiger partial charge in [0, 0.05) is 17.6 Å². The van der Waals surface area contributed by atoms with Gasteiger partial charge in [-0.25, -0.2) is 0 Å². The average molecular weight is 280 g/mol. The van der Waals surface area contributed by atoms with Crippen LogP contribution in [0.3, 0.4) is 0 Å². The molecule has 18 heavy (non-hydrogen) atoms. The first-order chi connectivity index (χ1) is 8.59. The van der Waals surface area contributed by atoms with Gasteiger partial charge in [-0.2, -0.15) is 0 Å². The van der Waals surface area contributed by atoms with Crippen LogP contribution in [0.5, 0.6) is 0 Å². The molecule has 0 aliphatic rings. The van der Waals surface area contributed by atoms with Gasteiger partial charge in [-0.1, -0.05) is 41.4 Å². The molecule has 2 rings (SSSR count). The van der Waals surface area contributed by atoms with Crippen LogP contribution in [-0.2, 0) is 4.79 Å². The molecule has 0 spiro atoms. The van der Waals surface area contributed by atoms with Crippen molar-refractivity contribution in [1.82, 2.24) is 0 Å². The monoisotopic (exact) mass is 279 g/mol. The minimum Gasteiger partial charge on any atom is -0.280 e. The SMILES string of the molecule is CC(=O)N(c1ccccc1)c1cc(Cl)ccc1Cl. The highest BCUT2D eigenvalue weighted by Crippen LogP contribution is 2.34. The zero-order valence-corrected chi connectivity index (χ0v) is 11.2. The predicted molar refractivity (Wildman–Crippen MR) is 75.7 cm³/mol. The average Bonchev–Trinajstić information content (AvgIpc) is 2.35. The summed E-state index contributed by atoms with van der Waals surface area (Å²) >= 11 is 12.1. The van der Waals surface area contributed by atoms with Crippen LogP contribution in [0.4, 0.5) is 11.4 Å². The fourth-order valence-corrected chi connectivity index (χ4v) is 2.09. The lowest BCUT2D eigenvalue weighted by molar-refractivity contribution is -0.115. The van der Waals surface area contributed by atoms with Crippen LogP contribution in [-0.4, -0.2) is 5.91 Å². The number of amides is 1. The molecule has 0 unspecified atom stereocenters. The first kappa shape index (κ1) is 12.9. The lowest BCUT2D eigenvalue weighted by Crippen LogP contribution is -2.22. The zero-order valence-electron chi connectivity index (χ0n) is 9.73. The molecule has 0 radical (unpaired) electrons. The summed E-state index contributed by atoms with van der Waals surface area (Å²) in [7, 11) is 0. The molecular formula is C14H11Cl2NO. The van der Waals surface area contributed by atoms with E-state index in [1.54, 1.807) is 18.2 Å². The summed E-state index contributed by atoms with van der Waals surface area (Å²) in [6, 6.07) is 14.4. The first-order valence-electron chi connectivity index (χ1n) is 5.40. The van der Waals surface area contributed by atoms with Gasteiger partial charge in [0.25, 0.3) is 0 Å². The standard InChI is InChI=1S/C14H11Cl2NO/c1-10(18)17(12-5-3-2-4-6-12)14-9-11(15)7-8-13(14)16/h2-9H,1H3. The van der Waals surface area contributed by atoms with Gasteiger partial charge in [0.15, 0.2) is 0 Å². The van der Waals surface area contributed by atoms with Crippen LogP contribution in [0.2, 0.25) is 10.0 Å². The Morgan fingerprint density at radius 3 is 2.33 bits per heavy atom. The minimum absolute atomic E-state index is 0.120. The molecule has 0 saturated heterocycles. The highest BCUT2D eigenvalue weighted by atomic mass is 35.5. The molecule has 2 nitrogen and oxygen atoms in total. The molecule has 0 aliphatic heterocycles. The molecule has 0 bridgehead atoms. The van der Waals surface area contributed by atoms with Crippen molar-refractivity contribution in [3.8, 4) is 0 Å². The number of hydrogen-bond donors (Lipinski definition) is 0. The van der Waals surface area contributed by atoms with Crippen molar-refractivity contribution >= 4 is 40.5 Å². The van der Waals surface area contributed by atoms with E-state index < -0.39 is 0 Å². The number of halogens is 2. The first-order valence-corrected chi connectivity index (χ1v) is 6.16. The largest absolute Gasteiger partial charge is 0.280 e. The molecule has 4 heteroatoms. The lowest BCUT2D eigenvalue weighted by Gasteiger charge is -2.22. The van der Waals surface area contributed by atoms with Crippen molar-refractivity contribution in [3.63, 3.8) is 0 Å². The summed E-state index contributed by atoms with van der Waals surface area (Å²) in [5, 5.41) is 1.02. The Hall–Kier alpha value is -1.51. The van der Waals surface area contributed by atoms with Gasteiger partial charge in [0.05, 0.1) is 10.7 Å². The number of carbonyl (C=O) groups excluding carboxylic acids is 1. The molecule has 1 amide bonds. The van der Waals surface area contributed by atoms with E-state index in [-0.39, 0.29) is 5.91 Å². The summed E-state index contributed by atoms with van der Waals surface area (Å²) in [4.78, 5) is 13.4. The molecule has 2 aromatic carbocycles. The van der Waals surface area contributed by atoms with Gasteiger partial charge in [0.2, 0.25) is 5.91 Å². The third kappa shape index (κ3) is 2.66. The maximum absolute atomic E-state index is 11.8. The maximum atomic E-state index is 11.8. The predicted octanol–water partition coefficient (Wildman–Crippen LogP) is 4.68. The Morgan fingerprint density at radius 2 is 1.72 bits per heavy atom. The molecule has 0 heterocycles. The van der Waals surface area contributed by atoms with Crippen molar-refractivity contribution in [1.29, 1.82) is 0 Å². The number of rotatable bonds is 2. The second-order valence-electron chi connectivity index (χ2n) is 3.79. The molecule has 0 aliphatic carbocycles. The summed E-state index contributed by atoms with van der Waals surface area (Å²) < 4.78 is 0. The highest BCUT2D eigenvalue weighted by molar-refractivity contribution is 6.36. The van der Waals surface area contributed by atoms with Crippen LogP contribution >= 0.6 is 23.2 Å². The third-order valence-electron chi connectivity index (χ3n) is 2.48. The summed E-state index contributed by atoms with van der Waals surface area (Å²) in [5.41, 5.74) is 1.34. The molecular weight excluding hydrogens is 269 g/mol. The van der Waals surface area contributed by atoms with Gasteiger partial charge in [-0.15, -0.1) is 0 Å². The number of nitrogens with zero attached hydrogens (tertiary/aromatic N) is 1. The van der Waals surface area contributed by atoms with Gasteiger partial charge in [-0.05, 0) is 30.3 Å². The van der Waals surface area contributed by atoms with Crippen LogP contribution < -0.4 is 4.90 Å². The van der Waals surface area contributed by atoms with Crippen molar-refractivity contribution in [2.75, 3.05) is 4.90 Å². The number of hydrogen-bond acceptors (Lipinski definition) is 1. The number of benzene rings is 2. The zero-order chi connectivity index (χ0) is 13.1. The van der Waals surface area contributed by atoms with Crippen molar-refractivity contribution in [2.45, 2.75) is 6.92 Å². The minimum atomic E-state index is -0.120. The quantitative estimate of drug-likeness (QED) is 0.782. The van der Waals surface area contributed by atoms with Crippen LogP contribution in [0.15, 0.2) is 48.5 Å². The Bertz CT molecular complexity index is 569. The van der Waals surface area contributed by atoms with E-state index in [4.69, 9.17) is 23.2 Å². The van der Waals surface area contributed by atoms with Crippen LogP contribution in [0.1, 0.15) is 6.92 Å². The smallest absolute Gasteiger partial charge is 0.228 e. The van der Waals surface area contributed by atoms with E-state index >= 15 is 0 Å². The van der Waals surface area contributed by atoms with Crippen molar-refractivity contribution in [2.24, 2.45) is 0 Å². The number of carbonyl (C=O) groups is 1. The highest BCUT2D eigenvalue weighted by Gasteiger charge is 2.16. The maximum Gasteiger partial charge on any atom is 0.228 e. The van der Waals surface area contributed by atoms with Gasteiger partial charge >= 0.3 is 0 Å². The van der Waals surface area contributed by atoms with E-state index in [1.807, 2.05) is 30.3 Å². The van der Waals surface area contributed by atoms with Gasteiger partial charge < -0.3 is 0 Å². The van der Waals surface area contributed by atoms with Gasteiger partial charge in [0.1, 0.15) is 0 Å². The van der Waals surface area contributed by atoms with E-state index in [0.717, 1.165) is 5.69 Å². The Balaban J connectivity index is 2.55. The number of para-hydroxylation sites is 1. The van der Waals surface area contributed by atoms with Crippen LogP contribution in [0.25, 0.3) is 0 Å². The molecule has 0 N–H and O–H groups in total. The van der Waals surface area contributed by atoms with E-state index in [2.05, 4.69) is 0 Å². The fourth-order valence-electron chi connectivity index (χ4n) is 1.72. The molecule has 0 fully saturated rings. The second kappa shape index (κ2) is 5.42. The summed E-state index contributed by atoms with van der Waals surface area (Å²) in [6.45, 7) is 1.49. The Labute approximate surface area is 116 Å². The topological polar surface area (TPSA) is 20.3 Å². The Morgan fingerprint density at radius 1 is 1.06 bits per heavy atom. The van der Waals surface area contributed by atoms with E-state index in [1.165, 1.54) is 11.8 Å². The molecule has 0 saturated carbocycles. The normalized spacial score (nSPS) is 10.2. The molecule has 0 aromatic heterocycles. The van der Waals surface area contributed by atoms with E-state index in [9.17, 15) is 4.79 Å². The number of anilines is 2. The Kier molecular flexibility index (Phi) is 3.90. The van der Waals surface area contributed by atoms with Crippen LogP contribution in [0, 0.1) is 0 Å². The fraction of sp³-hybridized carbons (Fsp3) is 0.0714. The summed E-state index contributed by atoms with van der Waals surface area (Å²) in [5.74, 6) is -0.120. The lowest BCUT2D eigenvalue weighted by atomic mass is 10.2. The molecule has 0 atom stereocenters. The summed E-state index contributed by atoms with van der Waals surface area (Å²) in [6.07, 6.45) is 0. The van der Waals surface area contributed by atoms with Gasteiger partial charge in [-0.3, -0.25) is 9.69 Å². The second-order valence-corrected chi connectivity index (χ2v) is 4.63. The van der Waals surface area contributed by atoms with Crippen molar-refractivity contribution < 1.29 is 4.79 Å².